The van der Waals surface area contributed by atoms with Crippen molar-refractivity contribution in [2.24, 2.45) is 11.3 Å². The third-order valence-corrected chi connectivity index (χ3v) is 14.0. The van der Waals surface area contributed by atoms with E-state index in [-0.39, 0.29) is 23.2 Å². The fraction of sp³-hybridized carbons (Fsp3) is 0.889. The van der Waals surface area contributed by atoms with Gasteiger partial charge in [0.2, 0.25) is 5.34 Å². The van der Waals surface area contributed by atoms with Gasteiger partial charge in [0.15, 0.2) is 6.29 Å². The Morgan fingerprint density at radius 1 is 1.23 bits per heavy atom. The maximum absolute atomic E-state index is 6.45. The molecule has 0 aromatic heterocycles. The Balaban J connectivity index is 2.80. The molecule has 0 N–H and O–H groups in total. The van der Waals surface area contributed by atoms with E-state index in [1.807, 2.05) is 0 Å². The summed E-state index contributed by atoms with van der Waals surface area (Å²) in [4.78, 5) is 0. The van der Waals surface area contributed by atoms with Gasteiger partial charge < -0.3 is 9.47 Å². The average molecular weight is 347 g/mol. The molecule has 0 bridgehead atoms. The number of hydrogen-bond donors (Lipinski definition) is 0. The summed E-state index contributed by atoms with van der Waals surface area (Å²) in [5.74, 6) is 1.55. The minimum atomic E-state index is -1.09. The molecule has 4 atom stereocenters. The Bertz CT molecular complexity index is 446. The van der Waals surface area contributed by atoms with Gasteiger partial charge in [0, 0.05) is 19.8 Å². The van der Waals surface area contributed by atoms with Gasteiger partial charge in [0.05, 0.1) is 12.4 Å². The van der Waals surface area contributed by atoms with E-state index in [9.17, 15) is 0 Å². The normalized spacial score (nSPS) is 29.6. The highest BCUT2D eigenvalue weighted by atomic mass is 31.2. The van der Waals surface area contributed by atoms with Gasteiger partial charge in [0.1, 0.15) is 13.4 Å². The molecular weight excluding hydrogens is 310 g/mol. The number of hydrogen-bond acceptors (Lipinski definition) is 2. The first-order chi connectivity index (χ1) is 9.89. The second kappa shape index (κ2) is 7.10. The number of ether oxygens (including phenoxy) is 2. The van der Waals surface area contributed by atoms with Crippen LogP contribution in [0.15, 0.2) is 0 Å². The molecule has 0 aromatic carbocycles. The van der Waals surface area contributed by atoms with Crippen LogP contribution in [0.2, 0.25) is 0 Å². The van der Waals surface area contributed by atoms with Crippen molar-refractivity contribution in [2.45, 2.75) is 73.1 Å². The van der Waals surface area contributed by atoms with E-state index in [0.717, 1.165) is 5.90 Å². The van der Waals surface area contributed by atoms with Crippen LogP contribution >= 0.6 is 14.4 Å². The first kappa shape index (κ1) is 20.4. The van der Waals surface area contributed by atoms with Crippen LogP contribution < -0.4 is 0 Å². The lowest BCUT2D eigenvalue weighted by Gasteiger charge is -2.30. The Labute approximate surface area is 139 Å². The van der Waals surface area contributed by atoms with Gasteiger partial charge >= 0.3 is 0 Å². The minimum Gasteiger partial charge on any atom is -0.349 e. The quantitative estimate of drug-likeness (QED) is 0.566. The van der Waals surface area contributed by atoms with Crippen LogP contribution in [0.1, 0.15) is 55.4 Å². The molecule has 22 heavy (non-hydrogen) atoms. The molecule has 0 aromatic rings. The van der Waals surface area contributed by atoms with Gasteiger partial charge in [0.25, 0.3) is 0 Å². The summed E-state index contributed by atoms with van der Waals surface area (Å²) < 4.78 is 12.6. The fourth-order valence-corrected chi connectivity index (χ4v) is 9.22. The van der Waals surface area contributed by atoms with Crippen LogP contribution in [0.3, 0.4) is 0 Å². The molecule has 0 radical (unpaired) electrons. The molecule has 2 nitrogen and oxygen atoms in total. The van der Waals surface area contributed by atoms with E-state index in [4.69, 9.17) is 9.47 Å². The van der Waals surface area contributed by atoms with Crippen molar-refractivity contribution >= 4 is 27.0 Å². The molecule has 0 saturated carbocycles. The SMILES string of the molecule is C=[P+](CP(=C)(CC)CC)C(C)(C)O[C@H]1O[C@@H](C)C(C)(C)[C@@H]1C. The standard InChI is InChI=1S/C18H37O2P2/c1-11-22(10,12-2)13-21(9)18(7,8)20-16-14(3)17(5,6)15(4)19-16/h14-16H,9-13H2,1-8H3/q+1/t14-,15+,16-/m1/s1. The third kappa shape index (κ3) is 4.27. The van der Waals surface area contributed by atoms with Crippen LogP contribution in [0.25, 0.3) is 0 Å². The van der Waals surface area contributed by atoms with Crippen molar-refractivity contribution in [3.63, 3.8) is 0 Å². The summed E-state index contributed by atoms with van der Waals surface area (Å²) in [6.45, 7) is 16.8. The summed E-state index contributed by atoms with van der Waals surface area (Å²) in [6, 6.07) is 0. The molecular formula is C18H37O2P2+. The highest BCUT2D eigenvalue weighted by molar-refractivity contribution is 7.83. The largest absolute Gasteiger partial charge is 0.349 e. The Morgan fingerprint density at radius 3 is 2.09 bits per heavy atom. The maximum atomic E-state index is 6.45. The summed E-state index contributed by atoms with van der Waals surface area (Å²) in [5.41, 5.74) is 0.153. The molecule has 1 heterocycles. The molecule has 0 amide bonds. The molecule has 1 fully saturated rings. The van der Waals surface area contributed by atoms with Crippen molar-refractivity contribution in [1.82, 2.24) is 0 Å². The van der Waals surface area contributed by atoms with Crippen LogP contribution in [-0.2, 0) is 9.47 Å². The summed E-state index contributed by atoms with van der Waals surface area (Å²) in [5, 5.41) is -0.221. The second-order valence-corrected chi connectivity index (χ2v) is 15.2. The lowest BCUT2D eigenvalue weighted by Crippen LogP contribution is -2.33. The summed E-state index contributed by atoms with van der Waals surface area (Å²) in [7, 11) is -0.469. The summed E-state index contributed by atoms with van der Waals surface area (Å²) in [6.07, 6.45) is 11.5. The Hall–Kier alpha value is 0.390. The maximum Gasteiger partial charge on any atom is 0.221 e. The molecule has 1 rings (SSSR count). The van der Waals surface area contributed by atoms with Crippen molar-refractivity contribution < 1.29 is 9.47 Å². The molecule has 130 valence electrons. The summed E-state index contributed by atoms with van der Waals surface area (Å²) >= 11 is 0. The van der Waals surface area contributed by atoms with E-state index in [1.165, 1.54) is 12.3 Å². The Morgan fingerprint density at radius 2 is 1.73 bits per heavy atom. The van der Waals surface area contributed by atoms with Gasteiger partial charge in [-0.1, -0.05) is 47.8 Å². The van der Waals surface area contributed by atoms with Crippen molar-refractivity contribution in [1.29, 1.82) is 0 Å². The molecule has 0 aliphatic carbocycles. The fourth-order valence-electron chi connectivity index (χ4n) is 2.66. The average Bonchev–Trinajstić information content (AvgIpc) is 2.61. The minimum absolute atomic E-state index is 0.118. The van der Waals surface area contributed by atoms with Gasteiger partial charge in [-0.3, -0.25) is 0 Å². The highest BCUT2D eigenvalue weighted by Gasteiger charge is 2.50. The van der Waals surface area contributed by atoms with Crippen molar-refractivity contribution in [3.8, 4) is 0 Å². The van der Waals surface area contributed by atoms with Crippen LogP contribution in [0.4, 0.5) is 0 Å². The molecule has 0 spiro atoms. The van der Waals surface area contributed by atoms with E-state index >= 15 is 0 Å². The zero-order valence-electron chi connectivity index (χ0n) is 16.0. The molecule has 1 saturated heterocycles. The first-order valence-electron chi connectivity index (χ1n) is 8.51. The van der Waals surface area contributed by atoms with Gasteiger partial charge in [-0.2, -0.15) is 0 Å². The van der Waals surface area contributed by atoms with E-state index in [1.54, 1.807) is 0 Å². The van der Waals surface area contributed by atoms with E-state index in [2.05, 4.69) is 68.0 Å². The van der Waals surface area contributed by atoms with Crippen LogP contribution in [0.5, 0.6) is 0 Å². The second-order valence-electron chi connectivity index (χ2n) is 7.98. The smallest absolute Gasteiger partial charge is 0.221 e. The lowest BCUT2D eigenvalue weighted by atomic mass is 9.78. The Kier molecular flexibility index (Phi) is 6.60. The monoisotopic (exact) mass is 347 g/mol. The van der Waals surface area contributed by atoms with E-state index < -0.39 is 14.4 Å². The lowest BCUT2D eigenvalue weighted by molar-refractivity contribution is -0.176. The number of rotatable bonds is 7. The molecule has 1 aliphatic heterocycles. The van der Waals surface area contributed by atoms with Crippen molar-refractivity contribution in [3.05, 3.63) is 0 Å². The first-order valence-corrected chi connectivity index (χ1v) is 12.8. The van der Waals surface area contributed by atoms with Gasteiger partial charge in [-0.05, 0) is 24.7 Å². The molecule has 1 aliphatic rings. The molecule has 1 unspecified atom stereocenters. The predicted molar refractivity (Wildman–Crippen MR) is 106 cm³/mol. The third-order valence-electron chi connectivity index (χ3n) is 5.95. The topological polar surface area (TPSA) is 18.5 Å². The van der Waals surface area contributed by atoms with E-state index in [0.29, 0.717) is 5.92 Å². The molecule has 4 heteroatoms. The van der Waals surface area contributed by atoms with Crippen molar-refractivity contribution in [2.75, 3.05) is 18.2 Å². The van der Waals surface area contributed by atoms with Crippen LogP contribution in [-0.4, -0.2) is 48.6 Å². The van der Waals surface area contributed by atoms with Gasteiger partial charge in [-0.15, -0.1) is 0 Å². The van der Waals surface area contributed by atoms with Gasteiger partial charge in [-0.25, -0.2) is 0 Å². The van der Waals surface area contributed by atoms with Crippen LogP contribution in [0, 0.1) is 11.3 Å². The highest BCUT2D eigenvalue weighted by Crippen LogP contribution is 2.57. The predicted octanol–water partition coefficient (Wildman–Crippen LogP) is 5.51. The zero-order chi connectivity index (χ0) is 17.3. The zero-order valence-corrected chi connectivity index (χ0v) is 17.8.